The second-order valence-electron chi connectivity index (χ2n) is 6.61. The van der Waals surface area contributed by atoms with Gasteiger partial charge in [0, 0.05) is 18.0 Å². The molecule has 0 atom stereocenters. The highest BCUT2D eigenvalue weighted by Gasteiger charge is 2.28. The molecule has 1 fully saturated rings. The average Bonchev–Trinajstić information content (AvgIpc) is 3.36. The number of ether oxygens (including phenoxy) is 1. The van der Waals surface area contributed by atoms with Gasteiger partial charge in [-0.25, -0.2) is 13.2 Å². The van der Waals surface area contributed by atoms with Crippen LogP contribution in [0.1, 0.15) is 23.3 Å². The topological polar surface area (TPSA) is 87.7 Å². The van der Waals surface area contributed by atoms with Gasteiger partial charge in [0.25, 0.3) is 10.0 Å². The molecule has 3 rings (SSSR count). The normalized spacial score (nSPS) is 14.8. The van der Waals surface area contributed by atoms with Gasteiger partial charge in [-0.15, -0.1) is 11.3 Å². The van der Waals surface area contributed by atoms with Crippen molar-refractivity contribution in [3.8, 4) is 5.75 Å². The minimum Gasteiger partial charge on any atom is -0.492 e. The third kappa shape index (κ3) is 5.46. The molecule has 1 saturated heterocycles. The van der Waals surface area contributed by atoms with Gasteiger partial charge < -0.3 is 15.4 Å². The van der Waals surface area contributed by atoms with Crippen molar-refractivity contribution in [1.82, 2.24) is 14.9 Å². The number of hydrogen-bond donors (Lipinski definition) is 2. The first-order chi connectivity index (χ1) is 13.4. The van der Waals surface area contributed by atoms with Crippen molar-refractivity contribution in [2.75, 3.05) is 26.2 Å². The highest BCUT2D eigenvalue weighted by Crippen LogP contribution is 2.27. The molecule has 28 heavy (non-hydrogen) atoms. The third-order valence-corrected chi connectivity index (χ3v) is 7.82. The summed E-state index contributed by atoms with van der Waals surface area (Å²) in [6.07, 6.45) is 1.82. The van der Waals surface area contributed by atoms with E-state index < -0.39 is 10.0 Å². The number of carbonyl (C=O) groups is 1. The molecule has 7 nitrogen and oxygen atoms in total. The van der Waals surface area contributed by atoms with Crippen molar-refractivity contribution in [1.29, 1.82) is 0 Å². The minimum absolute atomic E-state index is 0.282. The molecule has 1 aliphatic rings. The second kappa shape index (κ2) is 9.40. The van der Waals surface area contributed by atoms with Crippen LogP contribution in [0.3, 0.4) is 0 Å². The van der Waals surface area contributed by atoms with Crippen LogP contribution in [-0.4, -0.2) is 45.0 Å². The van der Waals surface area contributed by atoms with Gasteiger partial charge >= 0.3 is 6.03 Å². The summed E-state index contributed by atoms with van der Waals surface area (Å²) in [5, 5.41) is 5.46. The molecule has 2 aromatic rings. The van der Waals surface area contributed by atoms with Crippen molar-refractivity contribution in [2.24, 2.45) is 0 Å². The van der Waals surface area contributed by atoms with Crippen LogP contribution in [0.25, 0.3) is 0 Å². The van der Waals surface area contributed by atoms with Crippen LogP contribution < -0.4 is 15.4 Å². The van der Waals surface area contributed by atoms with Gasteiger partial charge in [0.2, 0.25) is 0 Å². The van der Waals surface area contributed by atoms with E-state index in [0.717, 1.165) is 29.0 Å². The Morgan fingerprint density at radius 1 is 1.18 bits per heavy atom. The number of sulfonamides is 1. The van der Waals surface area contributed by atoms with Crippen molar-refractivity contribution in [3.63, 3.8) is 0 Å². The molecule has 0 unspecified atom stereocenters. The SMILES string of the molecule is Cc1cccc(OCCNC(=O)NCc2ccc(S(=O)(=O)N3CCCC3)s2)c1. The molecule has 0 bridgehead atoms. The number of aryl methyl sites for hydroxylation is 1. The Hall–Kier alpha value is -2.10. The molecule has 152 valence electrons. The molecule has 2 N–H and O–H groups in total. The van der Waals surface area contributed by atoms with Gasteiger partial charge in [0.15, 0.2) is 0 Å². The summed E-state index contributed by atoms with van der Waals surface area (Å²) < 4.78 is 32.5. The zero-order valence-corrected chi connectivity index (χ0v) is 17.4. The number of hydrogen-bond acceptors (Lipinski definition) is 5. The predicted molar refractivity (Wildman–Crippen MR) is 109 cm³/mol. The number of benzene rings is 1. The van der Waals surface area contributed by atoms with Crippen LogP contribution in [0.5, 0.6) is 5.75 Å². The Bertz CT molecular complexity index is 905. The first-order valence-electron chi connectivity index (χ1n) is 9.25. The lowest BCUT2D eigenvalue weighted by atomic mass is 10.2. The van der Waals surface area contributed by atoms with Crippen molar-refractivity contribution in [2.45, 2.75) is 30.5 Å². The highest BCUT2D eigenvalue weighted by atomic mass is 32.2. The summed E-state index contributed by atoms with van der Waals surface area (Å²) in [5.74, 6) is 0.771. The van der Waals surface area contributed by atoms with Crippen LogP contribution in [-0.2, 0) is 16.6 Å². The van der Waals surface area contributed by atoms with Crippen LogP contribution in [0.15, 0.2) is 40.6 Å². The molecule has 0 aliphatic carbocycles. The van der Waals surface area contributed by atoms with Crippen molar-refractivity contribution in [3.05, 3.63) is 46.8 Å². The van der Waals surface area contributed by atoms with Gasteiger partial charge in [0.1, 0.15) is 16.6 Å². The van der Waals surface area contributed by atoms with Crippen LogP contribution >= 0.6 is 11.3 Å². The maximum atomic E-state index is 12.5. The van der Waals surface area contributed by atoms with E-state index in [9.17, 15) is 13.2 Å². The van der Waals surface area contributed by atoms with E-state index in [-0.39, 0.29) is 12.6 Å². The first kappa shape index (κ1) is 20.6. The first-order valence-corrected chi connectivity index (χ1v) is 11.5. The average molecular weight is 424 g/mol. The molecule has 9 heteroatoms. The highest BCUT2D eigenvalue weighted by molar-refractivity contribution is 7.91. The Balaban J connectivity index is 1.39. The van der Waals surface area contributed by atoms with Crippen LogP contribution in [0, 0.1) is 6.92 Å². The zero-order chi connectivity index (χ0) is 20.0. The number of thiophene rings is 1. The monoisotopic (exact) mass is 423 g/mol. The Labute approximate surface area is 169 Å². The molecule has 0 saturated carbocycles. The van der Waals surface area contributed by atoms with Crippen LogP contribution in [0.4, 0.5) is 4.79 Å². The summed E-state index contributed by atoms with van der Waals surface area (Å²) >= 11 is 1.20. The largest absolute Gasteiger partial charge is 0.492 e. The number of urea groups is 1. The standard InChI is InChI=1S/C19H25N3O4S2/c1-15-5-4-6-16(13-15)26-12-9-20-19(23)21-14-17-7-8-18(27-17)28(24,25)22-10-2-3-11-22/h4-8,13H,2-3,9-12,14H2,1H3,(H2,20,21,23). The smallest absolute Gasteiger partial charge is 0.315 e. The molecular formula is C19H25N3O4S2. The van der Waals surface area contributed by atoms with E-state index in [2.05, 4.69) is 10.6 Å². The fraction of sp³-hybridized carbons (Fsp3) is 0.421. The maximum absolute atomic E-state index is 12.5. The number of nitrogens with one attached hydrogen (secondary N) is 2. The summed E-state index contributed by atoms with van der Waals surface area (Å²) in [7, 11) is -3.40. The number of amides is 2. The molecule has 1 aliphatic heterocycles. The maximum Gasteiger partial charge on any atom is 0.315 e. The predicted octanol–water partition coefficient (Wildman–Crippen LogP) is 2.72. The Morgan fingerprint density at radius 3 is 2.71 bits per heavy atom. The van der Waals surface area contributed by atoms with E-state index in [1.54, 1.807) is 12.1 Å². The Kier molecular flexibility index (Phi) is 6.93. The van der Waals surface area contributed by atoms with Gasteiger partial charge in [-0.05, 0) is 49.6 Å². The van der Waals surface area contributed by atoms with Gasteiger partial charge in [0.05, 0.1) is 13.1 Å². The fourth-order valence-electron chi connectivity index (χ4n) is 2.92. The van der Waals surface area contributed by atoms with E-state index in [1.165, 1.54) is 15.6 Å². The summed E-state index contributed by atoms with van der Waals surface area (Å²) in [4.78, 5) is 12.7. The van der Waals surface area contributed by atoms with Crippen molar-refractivity contribution >= 4 is 27.4 Å². The van der Waals surface area contributed by atoms with Gasteiger partial charge in [-0.3, -0.25) is 0 Å². The lowest BCUT2D eigenvalue weighted by Crippen LogP contribution is -2.37. The number of carbonyl (C=O) groups excluding carboxylic acids is 1. The minimum atomic E-state index is -3.40. The fourth-order valence-corrected chi connectivity index (χ4v) is 5.88. The van der Waals surface area contributed by atoms with Gasteiger partial charge in [-0.1, -0.05) is 12.1 Å². The molecule has 1 aromatic carbocycles. The molecule has 0 radical (unpaired) electrons. The molecular weight excluding hydrogens is 398 g/mol. The van der Waals surface area contributed by atoms with E-state index in [4.69, 9.17) is 4.74 Å². The van der Waals surface area contributed by atoms with Gasteiger partial charge in [-0.2, -0.15) is 4.31 Å². The second-order valence-corrected chi connectivity index (χ2v) is 9.94. The number of nitrogens with zero attached hydrogens (tertiary/aromatic N) is 1. The molecule has 2 amide bonds. The molecule has 2 heterocycles. The van der Waals surface area contributed by atoms with E-state index >= 15 is 0 Å². The van der Waals surface area contributed by atoms with Crippen molar-refractivity contribution < 1.29 is 17.9 Å². The number of rotatable bonds is 8. The summed E-state index contributed by atoms with van der Waals surface area (Å²) in [6, 6.07) is 10.8. The quantitative estimate of drug-likeness (QED) is 0.639. The third-order valence-electron chi connectivity index (χ3n) is 4.37. The Morgan fingerprint density at radius 2 is 1.96 bits per heavy atom. The lowest BCUT2D eigenvalue weighted by molar-refractivity contribution is 0.236. The summed E-state index contributed by atoms with van der Waals surface area (Å²) in [5.41, 5.74) is 1.12. The van der Waals surface area contributed by atoms with E-state index in [1.807, 2.05) is 31.2 Å². The lowest BCUT2D eigenvalue weighted by Gasteiger charge is -2.13. The molecule has 0 spiro atoms. The molecule has 1 aromatic heterocycles. The zero-order valence-electron chi connectivity index (χ0n) is 15.8. The van der Waals surface area contributed by atoms with Crippen LogP contribution in [0.2, 0.25) is 0 Å². The summed E-state index contributed by atoms with van der Waals surface area (Å²) in [6.45, 7) is 4.18. The van der Waals surface area contributed by atoms with E-state index in [0.29, 0.717) is 30.5 Å².